The Labute approximate surface area is 94.9 Å². The molecule has 2 amide bonds. The molecule has 2 rings (SSSR count). The molecule has 1 saturated heterocycles. The van der Waals surface area contributed by atoms with E-state index in [9.17, 15) is 9.59 Å². The largest absolute Gasteiger partial charge is 0.338 e. The molecule has 0 saturated carbocycles. The van der Waals surface area contributed by atoms with E-state index in [4.69, 9.17) is 0 Å². The van der Waals surface area contributed by atoms with E-state index in [1.807, 2.05) is 4.90 Å². The van der Waals surface area contributed by atoms with E-state index in [-0.39, 0.29) is 11.8 Å². The van der Waals surface area contributed by atoms with Gasteiger partial charge in [0.1, 0.15) is 5.71 Å². The maximum absolute atomic E-state index is 12.0. The molecule has 0 aromatic carbocycles. The summed E-state index contributed by atoms with van der Waals surface area (Å²) < 4.78 is 0. The Hall–Kier alpha value is -1.39. The first-order valence-electron chi connectivity index (χ1n) is 5.81. The molecule has 0 radical (unpaired) electrons. The number of likely N-dealkylation sites (tertiary alicyclic amines) is 1. The van der Waals surface area contributed by atoms with Crippen LogP contribution in [0.3, 0.4) is 0 Å². The number of carbonyl (C=O) groups is 2. The molecule has 0 aliphatic carbocycles. The Morgan fingerprint density at radius 1 is 1.38 bits per heavy atom. The lowest BCUT2D eigenvalue weighted by molar-refractivity contribution is -0.125. The summed E-state index contributed by atoms with van der Waals surface area (Å²) in [6.07, 6.45) is 2.96. The topological polar surface area (TPSA) is 61.8 Å². The van der Waals surface area contributed by atoms with Crippen molar-refractivity contribution in [1.82, 2.24) is 10.3 Å². The summed E-state index contributed by atoms with van der Waals surface area (Å²) in [5.74, 6) is 0.591. The molecule has 0 aromatic rings. The fraction of sp³-hybridized carbons (Fsp3) is 0.727. The van der Waals surface area contributed by atoms with Gasteiger partial charge < -0.3 is 4.90 Å². The fourth-order valence-electron chi connectivity index (χ4n) is 2.02. The number of carbonyl (C=O) groups excluding carboxylic acids is 2. The zero-order chi connectivity index (χ0) is 11.5. The van der Waals surface area contributed by atoms with Crippen molar-refractivity contribution in [2.45, 2.75) is 32.6 Å². The van der Waals surface area contributed by atoms with E-state index in [1.165, 1.54) is 0 Å². The minimum atomic E-state index is -0.108. The molecule has 5 nitrogen and oxygen atoms in total. The van der Waals surface area contributed by atoms with Gasteiger partial charge in [0.25, 0.3) is 5.91 Å². The third-order valence-electron chi connectivity index (χ3n) is 3.22. The SMILES string of the molecule is CC1CCN(C(=O)C2=NNC(=O)CC2)CC1. The summed E-state index contributed by atoms with van der Waals surface area (Å²) in [5.41, 5.74) is 2.86. The summed E-state index contributed by atoms with van der Waals surface area (Å²) in [4.78, 5) is 24.8. The van der Waals surface area contributed by atoms with Gasteiger partial charge in [-0.05, 0) is 18.8 Å². The van der Waals surface area contributed by atoms with Crippen molar-refractivity contribution in [2.75, 3.05) is 13.1 Å². The number of hydrazone groups is 1. The predicted molar refractivity (Wildman–Crippen MR) is 59.8 cm³/mol. The first kappa shape index (κ1) is 11.1. The van der Waals surface area contributed by atoms with Crippen molar-refractivity contribution in [3.8, 4) is 0 Å². The molecule has 2 heterocycles. The first-order chi connectivity index (χ1) is 7.66. The second-order valence-corrected chi connectivity index (χ2v) is 4.57. The number of hydrogen-bond donors (Lipinski definition) is 1. The number of piperidine rings is 1. The molecule has 5 heteroatoms. The molecule has 1 N–H and O–H groups in total. The van der Waals surface area contributed by atoms with Crippen LogP contribution < -0.4 is 5.43 Å². The molecule has 2 aliphatic heterocycles. The van der Waals surface area contributed by atoms with Crippen molar-refractivity contribution >= 4 is 17.5 Å². The van der Waals surface area contributed by atoms with E-state index in [0.29, 0.717) is 24.5 Å². The van der Waals surface area contributed by atoms with Crippen molar-refractivity contribution in [3.63, 3.8) is 0 Å². The van der Waals surface area contributed by atoms with Crippen LogP contribution in [0.1, 0.15) is 32.6 Å². The lowest BCUT2D eigenvalue weighted by Gasteiger charge is -2.30. The quantitative estimate of drug-likeness (QED) is 0.704. The van der Waals surface area contributed by atoms with Gasteiger partial charge in [-0.25, -0.2) is 5.43 Å². The summed E-state index contributed by atoms with van der Waals surface area (Å²) in [5, 5.41) is 3.83. The average Bonchev–Trinajstić information content (AvgIpc) is 2.30. The van der Waals surface area contributed by atoms with Gasteiger partial charge in [0.05, 0.1) is 0 Å². The maximum atomic E-state index is 12.0. The Bertz CT molecular complexity index is 330. The number of nitrogens with one attached hydrogen (secondary N) is 1. The molecule has 0 bridgehead atoms. The first-order valence-corrected chi connectivity index (χ1v) is 5.81. The number of hydrogen-bond acceptors (Lipinski definition) is 3. The van der Waals surface area contributed by atoms with E-state index in [0.717, 1.165) is 25.9 Å². The molecular weight excluding hydrogens is 206 g/mol. The zero-order valence-corrected chi connectivity index (χ0v) is 9.53. The van der Waals surface area contributed by atoms with Gasteiger partial charge in [-0.3, -0.25) is 9.59 Å². The lowest BCUT2D eigenvalue weighted by Crippen LogP contribution is -2.43. The van der Waals surface area contributed by atoms with Crippen LogP contribution in [0, 0.1) is 5.92 Å². The zero-order valence-electron chi connectivity index (χ0n) is 9.53. The smallest absolute Gasteiger partial charge is 0.270 e. The number of rotatable bonds is 1. The van der Waals surface area contributed by atoms with E-state index in [2.05, 4.69) is 17.5 Å². The van der Waals surface area contributed by atoms with Gasteiger partial charge in [0.2, 0.25) is 5.91 Å². The van der Waals surface area contributed by atoms with Crippen LogP contribution in [-0.4, -0.2) is 35.5 Å². The van der Waals surface area contributed by atoms with Crippen molar-refractivity contribution in [2.24, 2.45) is 11.0 Å². The molecule has 1 fully saturated rings. The van der Waals surface area contributed by atoms with E-state index in [1.54, 1.807) is 0 Å². The Morgan fingerprint density at radius 3 is 2.62 bits per heavy atom. The van der Waals surface area contributed by atoms with Crippen molar-refractivity contribution < 1.29 is 9.59 Å². The molecule has 16 heavy (non-hydrogen) atoms. The van der Waals surface area contributed by atoms with Crippen molar-refractivity contribution in [1.29, 1.82) is 0 Å². The molecular formula is C11H17N3O2. The highest BCUT2D eigenvalue weighted by Gasteiger charge is 2.26. The Balaban J connectivity index is 1.95. The minimum Gasteiger partial charge on any atom is -0.338 e. The molecule has 88 valence electrons. The van der Waals surface area contributed by atoms with Crippen LogP contribution in [0.2, 0.25) is 0 Å². The normalized spacial score (nSPS) is 22.7. The molecule has 0 spiro atoms. The van der Waals surface area contributed by atoms with Gasteiger partial charge in [0, 0.05) is 25.9 Å². The third-order valence-corrected chi connectivity index (χ3v) is 3.22. The second kappa shape index (κ2) is 4.63. The fourth-order valence-corrected chi connectivity index (χ4v) is 2.02. The minimum absolute atomic E-state index is 0.00750. The van der Waals surface area contributed by atoms with E-state index < -0.39 is 0 Å². The summed E-state index contributed by atoms with van der Waals surface area (Å²) >= 11 is 0. The van der Waals surface area contributed by atoms with Gasteiger partial charge in [0.15, 0.2) is 0 Å². The molecule has 0 unspecified atom stereocenters. The lowest BCUT2D eigenvalue weighted by atomic mass is 9.98. The number of nitrogens with zero attached hydrogens (tertiary/aromatic N) is 2. The molecule has 2 aliphatic rings. The third kappa shape index (κ3) is 2.40. The Morgan fingerprint density at radius 2 is 2.06 bits per heavy atom. The van der Waals surface area contributed by atoms with Gasteiger partial charge in [-0.15, -0.1) is 0 Å². The predicted octanol–water partition coefficient (Wildman–Crippen LogP) is 0.511. The van der Waals surface area contributed by atoms with E-state index >= 15 is 0 Å². The highest BCUT2D eigenvalue weighted by molar-refractivity contribution is 6.39. The summed E-state index contributed by atoms with van der Waals surface area (Å²) in [7, 11) is 0. The average molecular weight is 223 g/mol. The molecule has 0 aromatic heterocycles. The van der Waals surface area contributed by atoms with Crippen LogP contribution in [0.15, 0.2) is 5.10 Å². The highest BCUT2D eigenvalue weighted by atomic mass is 16.2. The van der Waals surface area contributed by atoms with Crippen LogP contribution in [0.25, 0.3) is 0 Å². The maximum Gasteiger partial charge on any atom is 0.270 e. The highest BCUT2D eigenvalue weighted by Crippen LogP contribution is 2.17. The van der Waals surface area contributed by atoms with Gasteiger partial charge in [-0.1, -0.05) is 6.92 Å². The van der Waals surface area contributed by atoms with Crippen LogP contribution in [0.5, 0.6) is 0 Å². The van der Waals surface area contributed by atoms with Crippen LogP contribution in [0.4, 0.5) is 0 Å². The van der Waals surface area contributed by atoms with Crippen molar-refractivity contribution in [3.05, 3.63) is 0 Å². The standard InChI is InChI=1S/C11H17N3O2/c1-8-4-6-14(7-5-8)11(16)9-2-3-10(15)13-12-9/h8H,2-7H2,1H3,(H,13,15). The monoisotopic (exact) mass is 223 g/mol. The van der Waals surface area contributed by atoms with Crippen LogP contribution >= 0.6 is 0 Å². The number of amides is 2. The summed E-state index contributed by atoms with van der Waals surface area (Å²) in [6, 6.07) is 0. The van der Waals surface area contributed by atoms with Crippen LogP contribution in [-0.2, 0) is 9.59 Å². The Kier molecular flexibility index (Phi) is 3.22. The second-order valence-electron chi connectivity index (χ2n) is 4.57. The van der Waals surface area contributed by atoms with Gasteiger partial charge in [-0.2, -0.15) is 5.10 Å². The summed E-state index contributed by atoms with van der Waals surface area (Å²) in [6.45, 7) is 3.83. The van der Waals surface area contributed by atoms with Gasteiger partial charge >= 0.3 is 0 Å². The molecule has 0 atom stereocenters.